The lowest BCUT2D eigenvalue weighted by molar-refractivity contribution is 0.134. The summed E-state index contributed by atoms with van der Waals surface area (Å²) >= 11 is 1.80. The molecular formula is C15H23N3O2S. The van der Waals surface area contributed by atoms with Gasteiger partial charge < -0.3 is 15.0 Å². The number of carbonyl (C=O) groups excluding carboxylic acids is 1. The molecule has 2 fully saturated rings. The van der Waals surface area contributed by atoms with Gasteiger partial charge in [0.25, 0.3) is 0 Å². The van der Waals surface area contributed by atoms with Gasteiger partial charge in [-0.2, -0.15) is 0 Å². The Kier molecular flexibility index (Phi) is 5.11. The SMILES string of the molecule is O=C(NCC1CCOC1)N1CCN(Cc2cccs2)CC1. The van der Waals surface area contributed by atoms with Gasteiger partial charge in [-0.3, -0.25) is 4.90 Å². The Morgan fingerprint density at radius 1 is 1.38 bits per heavy atom. The zero-order valence-electron chi connectivity index (χ0n) is 12.3. The molecule has 6 heteroatoms. The van der Waals surface area contributed by atoms with E-state index >= 15 is 0 Å². The normalized spacial score (nSPS) is 23.4. The third kappa shape index (κ3) is 4.18. The Morgan fingerprint density at radius 2 is 2.24 bits per heavy atom. The quantitative estimate of drug-likeness (QED) is 0.919. The molecule has 0 spiro atoms. The van der Waals surface area contributed by atoms with E-state index in [0.717, 1.165) is 58.9 Å². The average molecular weight is 309 g/mol. The second kappa shape index (κ2) is 7.24. The maximum absolute atomic E-state index is 12.1. The van der Waals surface area contributed by atoms with E-state index in [-0.39, 0.29) is 6.03 Å². The molecule has 2 saturated heterocycles. The Balaban J connectivity index is 1.37. The smallest absolute Gasteiger partial charge is 0.317 e. The van der Waals surface area contributed by atoms with Gasteiger partial charge in [0.05, 0.1) is 6.61 Å². The third-order valence-corrected chi connectivity index (χ3v) is 5.05. The van der Waals surface area contributed by atoms with Gasteiger partial charge in [-0.15, -0.1) is 11.3 Å². The maximum atomic E-state index is 12.1. The van der Waals surface area contributed by atoms with Crippen molar-refractivity contribution in [3.8, 4) is 0 Å². The van der Waals surface area contributed by atoms with Crippen molar-refractivity contribution in [3.63, 3.8) is 0 Å². The molecule has 1 aromatic rings. The first-order valence-corrected chi connectivity index (χ1v) is 8.54. The van der Waals surface area contributed by atoms with E-state index in [9.17, 15) is 4.79 Å². The Bertz CT molecular complexity index is 438. The molecule has 2 amide bonds. The second-order valence-corrected chi connectivity index (χ2v) is 6.79. The summed E-state index contributed by atoms with van der Waals surface area (Å²) in [7, 11) is 0. The third-order valence-electron chi connectivity index (χ3n) is 4.19. The van der Waals surface area contributed by atoms with Gasteiger partial charge in [-0.1, -0.05) is 6.07 Å². The minimum absolute atomic E-state index is 0.0812. The highest BCUT2D eigenvalue weighted by Crippen LogP contribution is 2.14. The van der Waals surface area contributed by atoms with Gasteiger partial charge in [-0.05, 0) is 17.9 Å². The summed E-state index contributed by atoms with van der Waals surface area (Å²) in [5.41, 5.74) is 0. The standard InChI is InChI=1S/C15H23N3O2S/c19-15(16-10-13-3-8-20-12-13)18-6-4-17(5-7-18)11-14-2-1-9-21-14/h1-2,9,13H,3-8,10-12H2,(H,16,19). The number of ether oxygens (including phenoxy) is 1. The molecule has 0 aliphatic carbocycles. The van der Waals surface area contributed by atoms with Crippen LogP contribution in [-0.2, 0) is 11.3 Å². The predicted octanol–water partition coefficient (Wildman–Crippen LogP) is 1.61. The van der Waals surface area contributed by atoms with E-state index in [1.165, 1.54) is 4.88 Å². The predicted molar refractivity (Wildman–Crippen MR) is 83.5 cm³/mol. The van der Waals surface area contributed by atoms with Crippen LogP contribution in [0.4, 0.5) is 4.79 Å². The molecule has 3 rings (SSSR count). The number of hydrogen-bond donors (Lipinski definition) is 1. The number of amides is 2. The molecule has 3 heterocycles. The number of piperazine rings is 1. The molecule has 0 radical (unpaired) electrons. The summed E-state index contributed by atoms with van der Waals surface area (Å²) in [5, 5.41) is 5.16. The first-order valence-electron chi connectivity index (χ1n) is 7.66. The summed E-state index contributed by atoms with van der Waals surface area (Å²) in [5.74, 6) is 0.495. The molecule has 2 aliphatic heterocycles. The number of nitrogens with zero attached hydrogens (tertiary/aromatic N) is 2. The largest absolute Gasteiger partial charge is 0.381 e. The Morgan fingerprint density at radius 3 is 2.90 bits per heavy atom. The summed E-state index contributed by atoms with van der Waals surface area (Å²) in [4.78, 5) is 17.9. The van der Waals surface area contributed by atoms with E-state index in [2.05, 4.69) is 27.7 Å². The first kappa shape index (κ1) is 14.8. The van der Waals surface area contributed by atoms with Crippen LogP contribution in [0, 0.1) is 5.92 Å². The van der Waals surface area contributed by atoms with Crippen LogP contribution in [0.2, 0.25) is 0 Å². The summed E-state index contributed by atoms with van der Waals surface area (Å²) < 4.78 is 5.33. The average Bonchev–Trinajstić information content (AvgIpc) is 3.19. The number of urea groups is 1. The highest BCUT2D eigenvalue weighted by molar-refractivity contribution is 7.09. The number of thiophene rings is 1. The van der Waals surface area contributed by atoms with E-state index in [1.54, 1.807) is 11.3 Å². The summed E-state index contributed by atoms with van der Waals surface area (Å²) in [6.07, 6.45) is 1.06. The Hall–Kier alpha value is -1.11. The first-order chi connectivity index (χ1) is 10.3. The zero-order valence-corrected chi connectivity index (χ0v) is 13.1. The van der Waals surface area contributed by atoms with Crippen LogP contribution in [0.3, 0.4) is 0 Å². The van der Waals surface area contributed by atoms with Crippen molar-refractivity contribution in [1.82, 2.24) is 15.1 Å². The van der Waals surface area contributed by atoms with Gasteiger partial charge in [-0.25, -0.2) is 4.79 Å². The molecule has 1 unspecified atom stereocenters. The van der Waals surface area contributed by atoms with Gasteiger partial charge in [0.2, 0.25) is 0 Å². The molecular weight excluding hydrogens is 286 g/mol. The lowest BCUT2D eigenvalue weighted by Gasteiger charge is -2.34. The van der Waals surface area contributed by atoms with Gasteiger partial charge in [0.1, 0.15) is 0 Å². The van der Waals surface area contributed by atoms with Crippen molar-refractivity contribution in [3.05, 3.63) is 22.4 Å². The number of rotatable bonds is 4. The zero-order chi connectivity index (χ0) is 14.5. The molecule has 21 heavy (non-hydrogen) atoms. The van der Waals surface area contributed by atoms with Crippen LogP contribution in [0.25, 0.3) is 0 Å². The number of nitrogens with one attached hydrogen (secondary N) is 1. The van der Waals surface area contributed by atoms with Gasteiger partial charge >= 0.3 is 6.03 Å². The van der Waals surface area contributed by atoms with Crippen molar-refractivity contribution in [2.45, 2.75) is 13.0 Å². The van der Waals surface area contributed by atoms with Crippen LogP contribution in [0.5, 0.6) is 0 Å². The van der Waals surface area contributed by atoms with E-state index in [4.69, 9.17) is 4.74 Å². The van der Waals surface area contributed by atoms with Gasteiger partial charge in [0.15, 0.2) is 0 Å². The maximum Gasteiger partial charge on any atom is 0.317 e. The second-order valence-electron chi connectivity index (χ2n) is 5.76. The molecule has 0 bridgehead atoms. The lowest BCUT2D eigenvalue weighted by Crippen LogP contribution is -2.52. The van der Waals surface area contributed by atoms with Crippen molar-refractivity contribution >= 4 is 17.4 Å². The van der Waals surface area contributed by atoms with Crippen LogP contribution in [0.1, 0.15) is 11.3 Å². The molecule has 1 aromatic heterocycles. The number of hydrogen-bond acceptors (Lipinski definition) is 4. The molecule has 5 nitrogen and oxygen atoms in total. The fraction of sp³-hybridized carbons (Fsp3) is 0.667. The van der Waals surface area contributed by atoms with Crippen molar-refractivity contribution < 1.29 is 9.53 Å². The van der Waals surface area contributed by atoms with Crippen LogP contribution in [0.15, 0.2) is 17.5 Å². The van der Waals surface area contributed by atoms with E-state index < -0.39 is 0 Å². The van der Waals surface area contributed by atoms with Crippen LogP contribution >= 0.6 is 11.3 Å². The number of carbonyl (C=O) groups is 1. The van der Waals surface area contributed by atoms with Crippen LogP contribution in [-0.4, -0.2) is 61.8 Å². The monoisotopic (exact) mass is 309 g/mol. The van der Waals surface area contributed by atoms with Crippen molar-refractivity contribution in [1.29, 1.82) is 0 Å². The van der Waals surface area contributed by atoms with Crippen LogP contribution < -0.4 is 5.32 Å². The van der Waals surface area contributed by atoms with E-state index in [0.29, 0.717) is 5.92 Å². The summed E-state index contributed by atoms with van der Waals surface area (Å²) in [6.45, 7) is 6.92. The van der Waals surface area contributed by atoms with Gasteiger partial charge in [0, 0.05) is 56.7 Å². The molecule has 1 atom stereocenters. The lowest BCUT2D eigenvalue weighted by atomic mass is 10.1. The minimum Gasteiger partial charge on any atom is -0.381 e. The highest BCUT2D eigenvalue weighted by Gasteiger charge is 2.22. The summed E-state index contributed by atoms with van der Waals surface area (Å²) in [6, 6.07) is 4.35. The molecule has 116 valence electrons. The Labute approximate surface area is 129 Å². The fourth-order valence-corrected chi connectivity index (χ4v) is 3.57. The molecule has 0 saturated carbocycles. The minimum atomic E-state index is 0.0812. The van der Waals surface area contributed by atoms with E-state index in [1.807, 2.05) is 4.90 Å². The molecule has 0 aromatic carbocycles. The van der Waals surface area contributed by atoms with Crippen molar-refractivity contribution in [2.75, 3.05) is 45.9 Å². The topological polar surface area (TPSA) is 44.8 Å². The molecule has 2 aliphatic rings. The molecule has 1 N–H and O–H groups in total. The highest BCUT2D eigenvalue weighted by atomic mass is 32.1. The van der Waals surface area contributed by atoms with Crippen molar-refractivity contribution in [2.24, 2.45) is 5.92 Å². The fourth-order valence-electron chi connectivity index (χ4n) is 2.82.